The van der Waals surface area contributed by atoms with E-state index < -0.39 is 0 Å². The number of ether oxygens (including phenoxy) is 1. The highest BCUT2D eigenvalue weighted by Crippen LogP contribution is 2.32. The quantitative estimate of drug-likeness (QED) is 0.770. The molecule has 1 heterocycles. The van der Waals surface area contributed by atoms with Crippen LogP contribution in [0.25, 0.3) is 10.8 Å². The van der Waals surface area contributed by atoms with E-state index in [1.807, 2.05) is 6.92 Å². The summed E-state index contributed by atoms with van der Waals surface area (Å²) >= 11 is 0. The van der Waals surface area contributed by atoms with Gasteiger partial charge >= 0.3 is 0 Å². The van der Waals surface area contributed by atoms with Crippen molar-refractivity contribution in [2.75, 3.05) is 13.2 Å². The van der Waals surface area contributed by atoms with E-state index in [1.165, 1.54) is 27.5 Å². The van der Waals surface area contributed by atoms with Crippen molar-refractivity contribution < 1.29 is 4.74 Å². The van der Waals surface area contributed by atoms with Gasteiger partial charge in [-0.3, -0.25) is 0 Å². The lowest BCUT2D eigenvalue weighted by Gasteiger charge is -2.28. The maximum absolute atomic E-state index is 5.65. The third kappa shape index (κ3) is 2.71. The van der Waals surface area contributed by atoms with Crippen molar-refractivity contribution in [3.63, 3.8) is 0 Å². The fourth-order valence-electron chi connectivity index (χ4n) is 3.48. The highest BCUT2D eigenvalue weighted by atomic mass is 16.5. The molecule has 3 aromatic rings. The van der Waals surface area contributed by atoms with Crippen LogP contribution in [0.15, 0.2) is 60.7 Å². The van der Waals surface area contributed by atoms with Gasteiger partial charge in [-0.15, -0.1) is 0 Å². The number of nitrogens with one attached hydrogen (secondary N) is 1. The maximum Gasteiger partial charge on any atom is 0.119 e. The highest BCUT2D eigenvalue weighted by Gasteiger charge is 2.21. The summed E-state index contributed by atoms with van der Waals surface area (Å²) in [4.78, 5) is 0. The van der Waals surface area contributed by atoms with Crippen LogP contribution in [-0.2, 0) is 6.42 Å². The molecule has 1 unspecified atom stereocenters. The Hall–Kier alpha value is -2.32. The topological polar surface area (TPSA) is 21.3 Å². The normalized spacial score (nSPS) is 17.0. The van der Waals surface area contributed by atoms with Gasteiger partial charge in [-0.05, 0) is 59.0 Å². The number of fused-ring (bicyclic) bond motifs is 2. The van der Waals surface area contributed by atoms with E-state index in [-0.39, 0.29) is 6.04 Å². The van der Waals surface area contributed by atoms with Gasteiger partial charge in [0.05, 0.1) is 12.6 Å². The van der Waals surface area contributed by atoms with Crippen molar-refractivity contribution in [1.29, 1.82) is 0 Å². The van der Waals surface area contributed by atoms with Crippen LogP contribution in [0, 0.1) is 0 Å². The Morgan fingerprint density at radius 3 is 2.74 bits per heavy atom. The molecule has 0 radical (unpaired) electrons. The van der Waals surface area contributed by atoms with E-state index in [9.17, 15) is 0 Å². The van der Waals surface area contributed by atoms with E-state index in [4.69, 9.17) is 4.74 Å². The molecule has 3 aromatic carbocycles. The lowest BCUT2D eigenvalue weighted by molar-refractivity contribution is 0.339. The van der Waals surface area contributed by atoms with Crippen molar-refractivity contribution in [1.82, 2.24) is 5.32 Å². The molecule has 0 bridgehead atoms. The molecule has 1 aliphatic heterocycles. The van der Waals surface area contributed by atoms with Crippen molar-refractivity contribution in [3.8, 4) is 5.75 Å². The number of hydrogen-bond acceptors (Lipinski definition) is 2. The summed E-state index contributed by atoms with van der Waals surface area (Å²) in [6.45, 7) is 3.74. The molecule has 1 aliphatic rings. The van der Waals surface area contributed by atoms with E-state index in [1.54, 1.807) is 0 Å². The summed E-state index contributed by atoms with van der Waals surface area (Å²) in [5.41, 5.74) is 4.09. The van der Waals surface area contributed by atoms with Crippen molar-refractivity contribution in [2.45, 2.75) is 19.4 Å². The monoisotopic (exact) mass is 303 g/mol. The Morgan fingerprint density at radius 1 is 1.00 bits per heavy atom. The Bertz CT molecular complexity index is 840. The molecule has 0 aliphatic carbocycles. The van der Waals surface area contributed by atoms with Crippen molar-refractivity contribution >= 4 is 10.8 Å². The number of rotatable bonds is 3. The molecule has 2 nitrogen and oxygen atoms in total. The zero-order valence-corrected chi connectivity index (χ0v) is 13.4. The largest absolute Gasteiger partial charge is 0.494 e. The van der Waals surface area contributed by atoms with Crippen molar-refractivity contribution in [3.05, 3.63) is 77.4 Å². The Balaban J connectivity index is 1.75. The molecule has 23 heavy (non-hydrogen) atoms. The molecule has 1 N–H and O–H groups in total. The summed E-state index contributed by atoms with van der Waals surface area (Å²) in [6, 6.07) is 22.1. The summed E-state index contributed by atoms with van der Waals surface area (Å²) in [6.07, 6.45) is 1.06. The second-order valence-electron chi connectivity index (χ2n) is 6.04. The molecule has 4 rings (SSSR count). The lowest BCUT2D eigenvalue weighted by Crippen LogP contribution is -2.30. The van der Waals surface area contributed by atoms with E-state index in [0.29, 0.717) is 6.61 Å². The van der Waals surface area contributed by atoms with Crippen LogP contribution in [0.4, 0.5) is 0 Å². The van der Waals surface area contributed by atoms with Crippen LogP contribution in [0.5, 0.6) is 5.75 Å². The fraction of sp³-hybridized carbons (Fsp3) is 0.238. The van der Waals surface area contributed by atoms with Gasteiger partial charge < -0.3 is 10.1 Å². The van der Waals surface area contributed by atoms with Gasteiger partial charge in [0.1, 0.15) is 5.75 Å². The number of hydrogen-bond donors (Lipinski definition) is 1. The molecular formula is C21H21NO. The molecular weight excluding hydrogens is 282 g/mol. The summed E-state index contributed by atoms with van der Waals surface area (Å²) in [7, 11) is 0. The minimum atomic E-state index is 0.263. The van der Waals surface area contributed by atoms with Gasteiger partial charge in [-0.1, -0.05) is 42.5 Å². The average molecular weight is 303 g/mol. The Morgan fingerprint density at radius 2 is 1.87 bits per heavy atom. The number of benzene rings is 3. The second-order valence-corrected chi connectivity index (χ2v) is 6.04. The second kappa shape index (κ2) is 6.05. The summed E-state index contributed by atoms with van der Waals surface area (Å²) < 4.78 is 5.65. The minimum absolute atomic E-state index is 0.263. The molecule has 0 spiro atoms. The molecule has 0 aromatic heterocycles. The van der Waals surface area contributed by atoms with Gasteiger partial charge in [-0.2, -0.15) is 0 Å². The standard InChI is InChI=1S/C21H21NO/c1-2-23-19-9-10-20-17(14-19)11-12-22-21(20)18-8-7-15-5-3-4-6-16(15)13-18/h3-10,13-14,21-22H,2,11-12H2,1H3. The minimum Gasteiger partial charge on any atom is -0.494 e. The zero-order chi connectivity index (χ0) is 15.6. The Kier molecular flexibility index (Phi) is 3.76. The SMILES string of the molecule is CCOc1ccc2c(c1)CCNC2c1ccc2ccccc2c1. The third-order valence-corrected chi connectivity index (χ3v) is 4.59. The molecule has 0 saturated carbocycles. The first-order valence-electron chi connectivity index (χ1n) is 8.33. The molecule has 0 amide bonds. The van der Waals surface area contributed by atoms with Crippen LogP contribution in [0.3, 0.4) is 0 Å². The van der Waals surface area contributed by atoms with E-state index in [2.05, 4.69) is 66.0 Å². The van der Waals surface area contributed by atoms with Gasteiger partial charge in [-0.25, -0.2) is 0 Å². The first kappa shape index (κ1) is 14.3. The third-order valence-electron chi connectivity index (χ3n) is 4.59. The van der Waals surface area contributed by atoms with E-state index >= 15 is 0 Å². The first-order valence-corrected chi connectivity index (χ1v) is 8.33. The average Bonchev–Trinajstić information content (AvgIpc) is 2.61. The lowest BCUT2D eigenvalue weighted by atomic mass is 9.89. The zero-order valence-electron chi connectivity index (χ0n) is 13.4. The van der Waals surface area contributed by atoms with Gasteiger partial charge in [0, 0.05) is 6.54 Å². The maximum atomic E-state index is 5.65. The van der Waals surface area contributed by atoms with Crippen LogP contribution in [-0.4, -0.2) is 13.2 Å². The molecule has 2 heteroatoms. The fourth-order valence-corrected chi connectivity index (χ4v) is 3.48. The van der Waals surface area contributed by atoms with Gasteiger partial charge in [0.2, 0.25) is 0 Å². The van der Waals surface area contributed by atoms with E-state index in [0.717, 1.165) is 18.7 Å². The van der Waals surface area contributed by atoms with Gasteiger partial charge in [0.25, 0.3) is 0 Å². The molecule has 1 atom stereocenters. The smallest absolute Gasteiger partial charge is 0.119 e. The summed E-state index contributed by atoms with van der Waals surface area (Å²) in [5, 5.41) is 6.25. The predicted octanol–water partition coefficient (Wildman–Crippen LogP) is 4.47. The van der Waals surface area contributed by atoms with Gasteiger partial charge in [0.15, 0.2) is 0 Å². The predicted molar refractivity (Wildman–Crippen MR) is 95.1 cm³/mol. The molecule has 0 saturated heterocycles. The Labute approximate surface area is 137 Å². The van der Waals surface area contributed by atoms with Crippen molar-refractivity contribution in [2.24, 2.45) is 0 Å². The van der Waals surface area contributed by atoms with Crippen LogP contribution in [0.1, 0.15) is 29.7 Å². The van der Waals surface area contributed by atoms with Crippen LogP contribution in [0.2, 0.25) is 0 Å². The first-order chi connectivity index (χ1) is 11.3. The molecule has 0 fully saturated rings. The highest BCUT2D eigenvalue weighted by molar-refractivity contribution is 5.83. The molecule has 116 valence electrons. The summed E-state index contributed by atoms with van der Waals surface area (Å²) in [5.74, 6) is 0.977. The van der Waals surface area contributed by atoms with Crippen LogP contribution >= 0.6 is 0 Å². The van der Waals surface area contributed by atoms with Crippen LogP contribution < -0.4 is 10.1 Å².